The smallest absolute Gasteiger partial charge is 0.0717 e. The van der Waals surface area contributed by atoms with Gasteiger partial charge in [-0.05, 0) is 30.4 Å². The number of aliphatic hydroxyl groups is 1. The van der Waals surface area contributed by atoms with Crippen LogP contribution < -0.4 is 5.32 Å². The van der Waals surface area contributed by atoms with E-state index in [0.717, 1.165) is 19.4 Å². The first-order valence-corrected chi connectivity index (χ1v) is 9.55. The van der Waals surface area contributed by atoms with E-state index in [2.05, 4.69) is 47.8 Å². The number of hydrogen-bond acceptors (Lipinski definition) is 3. The molecule has 0 aromatic heterocycles. The summed E-state index contributed by atoms with van der Waals surface area (Å²) in [6.07, 6.45) is 5.65. The standard InChI is InChI=1S/C23H29NO2/c25-16-22-13-7-12-21(22)14-23(24-15-19-8-3-1-4-9-19)18-26-17-20-10-5-2-6-11-20/h1-6,8-11,14,22-25H,7,12-13,15-18H2/b21-14-/t22-,23+/m0/s1. The van der Waals surface area contributed by atoms with Gasteiger partial charge in [0, 0.05) is 25.1 Å². The molecule has 3 nitrogen and oxygen atoms in total. The molecule has 0 aliphatic heterocycles. The van der Waals surface area contributed by atoms with Crippen LogP contribution in [0.1, 0.15) is 30.4 Å². The Kier molecular flexibility index (Phi) is 7.44. The molecule has 2 aromatic carbocycles. The van der Waals surface area contributed by atoms with Crippen LogP contribution in [0.25, 0.3) is 0 Å². The van der Waals surface area contributed by atoms with Crippen LogP contribution in [0.2, 0.25) is 0 Å². The third kappa shape index (κ3) is 5.80. The summed E-state index contributed by atoms with van der Waals surface area (Å²) in [5.41, 5.74) is 3.83. The predicted molar refractivity (Wildman–Crippen MR) is 106 cm³/mol. The molecule has 0 radical (unpaired) electrons. The zero-order valence-corrected chi connectivity index (χ0v) is 15.3. The van der Waals surface area contributed by atoms with E-state index in [1.54, 1.807) is 0 Å². The van der Waals surface area contributed by atoms with Gasteiger partial charge in [0.1, 0.15) is 0 Å². The third-order valence-electron chi connectivity index (χ3n) is 5.00. The van der Waals surface area contributed by atoms with Crippen molar-refractivity contribution >= 4 is 0 Å². The van der Waals surface area contributed by atoms with Gasteiger partial charge in [-0.25, -0.2) is 0 Å². The minimum Gasteiger partial charge on any atom is -0.396 e. The van der Waals surface area contributed by atoms with E-state index in [-0.39, 0.29) is 12.6 Å². The molecule has 2 atom stereocenters. The van der Waals surface area contributed by atoms with Crippen LogP contribution in [0.4, 0.5) is 0 Å². The number of hydrogen-bond donors (Lipinski definition) is 2. The highest BCUT2D eigenvalue weighted by molar-refractivity contribution is 5.17. The lowest BCUT2D eigenvalue weighted by Gasteiger charge is -2.18. The molecule has 3 rings (SSSR count). The molecule has 3 heteroatoms. The summed E-state index contributed by atoms with van der Waals surface area (Å²) in [5, 5.41) is 13.2. The average molecular weight is 351 g/mol. The Hall–Kier alpha value is -1.94. The molecule has 1 saturated carbocycles. The lowest BCUT2D eigenvalue weighted by Crippen LogP contribution is -2.32. The van der Waals surface area contributed by atoms with Gasteiger partial charge in [0.25, 0.3) is 0 Å². The van der Waals surface area contributed by atoms with Crippen molar-refractivity contribution in [2.75, 3.05) is 13.2 Å². The van der Waals surface area contributed by atoms with Crippen molar-refractivity contribution in [3.63, 3.8) is 0 Å². The largest absolute Gasteiger partial charge is 0.396 e. The van der Waals surface area contributed by atoms with Gasteiger partial charge in [-0.3, -0.25) is 0 Å². The summed E-state index contributed by atoms with van der Waals surface area (Å²) < 4.78 is 5.98. The molecule has 2 N–H and O–H groups in total. The van der Waals surface area contributed by atoms with E-state index < -0.39 is 0 Å². The van der Waals surface area contributed by atoms with E-state index in [4.69, 9.17) is 4.74 Å². The maximum atomic E-state index is 9.59. The Morgan fingerprint density at radius 2 is 1.73 bits per heavy atom. The normalized spacial score (nSPS) is 19.7. The fraction of sp³-hybridized carbons (Fsp3) is 0.391. The molecule has 26 heavy (non-hydrogen) atoms. The van der Waals surface area contributed by atoms with Crippen molar-refractivity contribution < 1.29 is 9.84 Å². The second-order valence-corrected chi connectivity index (χ2v) is 6.99. The van der Waals surface area contributed by atoms with Crippen LogP contribution in [0.15, 0.2) is 72.3 Å². The zero-order valence-electron chi connectivity index (χ0n) is 15.3. The summed E-state index contributed by atoms with van der Waals surface area (Å²) in [7, 11) is 0. The molecule has 138 valence electrons. The molecule has 1 aliphatic rings. The Labute approximate surface area is 156 Å². The Bertz CT molecular complexity index is 669. The van der Waals surface area contributed by atoms with Gasteiger partial charge in [0.15, 0.2) is 0 Å². The summed E-state index contributed by atoms with van der Waals surface area (Å²) >= 11 is 0. The summed E-state index contributed by atoms with van der Waals surface area (Å²) in [6, 6.07) is 20.9. The van der Waals surface area contributed by atoms with E-state index in [9.17, 15) is 5.11 Å². The number of ether oxygens (including phenoxy) is 1. The third-order valence-corrected chi connectivity index (χ3v) is 5.00. The van der Waals surface area contributed by atoms with Gasteiger partial charge >= 0.3 is 0 Å². The van der Waals surface area contributed by atoms with E-state index >= 15 is 0 Å². The Balaban J connectivity index is 1.59. The quantitative estimate of drug-likeness (QED) is 0.669. The van der Waals surface area contributed by atoms with Crippen LogP contribution in [-0.2, 0) is 17.9 Å². The van der Waals surface area contributed by atoms with E-state index in [0.29, 0.717) is 19.1 Å². The highest BCUT2D eigenvalue weighted by Crippen LogP contribution is 2.30. The number of nitrogens with one attached hydrogen (secondary N) is 1. The van der Waals surface area contributed by atoms with Gasteiger partial charge in [-0.2, -0.15) is 0 Å². The number of benzene rings is 2. The van der Waals surface area contributed by atoms with Crippen molar-refractivity contribution in [2.45, 2.75) is 38.5 Å². The van der Waals surface area contributed by atoms with E-state index in [1.165, 1.54) is 23.1 Å². The van der Waals surface area contributed by atoms with Crippen molar-refractivity contribution in [3.05, 3.63) is 83.4 Å². The molecule has 0 saturated heterocycles. The SMILES string of the molecule is OC[C@@H]1CCC/C1=C/[C@H](COCc1ccccc1)NCc1ccccc1. The fourth-order valence-corrected chi connectivity index (χ4v) is 3.52. The second-order valence-electron chi connectivity index (χ2n) is 6.99. The maximum absolute atomic E-state index is 9.59. The van der Waals surface area contributed by atoms with Gasteiger partial charge in [0.05, 0.1) is 13.2 Å². The molecule has 1 aliphatic carbocycles. The molecule has 0 bridgehead atoms. The van der Waals surface area contributed by atoms with Crippen LogP contribution in [0.3, 0.4) is 0 Å². The molecule has 2 aromatic rings. The van der Waals surface area contributed by atoms with E-state index in [1.807, 2.05) is 24.3 Å². The molecular formula is C23H29NO2. The average Bonchev–Trinajstić information content (AvgIpc) is 3.15. The number of rotatable bonds is 9. The highest BCUT2D eigenvalue weighted by atomic mass is 16.5. The predicted octanol–water partition coefficient (Wildman–Crippen LogP) is 4.08. The van der Waals surface area contributed by atoms with Crippen LogP contribution in [0.5, 0.6) is 0 Å². The van der Waals surface area contributed by atoms with Crippen LogP contribution >= 0.6 is 0 Å². The fourth-order valence-electron chi connectivity index (χ4n) is 3.52. The Morgan fingerprint density at radius 3 is 2.42 bits per heavy atom. The first kappa shape index (κ1) is 18.8. The minimum absolute atomic E-state index is 0.154. The van der Waals surface area contributed by atoms with Crippen molar-refractivity contribution in [1.29, 1.82) is 0 Å². The molecule has 0 unspecified atom stereocenters. The lowest BCUT2D eigenvalue weighted by molar-refractivity contribution is 0.108. The van der Waals surface area contributed by atoms with Crippen LogP contribution in [0, 0.1) is 5.92 Å². The lowest BCUT2D eigenvalue weighted by atomic mass is 10.0. The summed E-state index contributed by atoms with van der Waals surface area (Å²) in [5.74, 6) is 0.324. The molecule has 1 fully saturated rings. The van der Waals surface area contributed by atoms with Crippen molar-refractivity contribution in [3.8, 4) is 0 Å². The first-order valence-electron chi connectivity index (χ1n) is 9.55. The van der Waals surface area contributed by atoms with Crippen molar-refractivity contribution in [1.82, 2.24) is 5.32 Å². The van der Waals surface area contributed by atoms with Crippen molar-refractivity contribution in [2.24, 2.45) is 5.92 Å². The molecule has 0 spiro atoms. The highest BCUT2D eigenvalue weighted by Gasteiger charge is 2.21. The monoisotopic (exact) mass is 351 g/mol. The Morgan fingerprint density at radius 1 is 1.04 bits per heavy atom. The zero-order chi connectivity index (χ0) is 18.0. The first-order chi connectivity index (χ1) is 12.8. The maximum Gasteiger partial charge on any atom is 0.0717 e. The van der Waals surface area contributed by atoms with Gasteiger partial charge in [-0.1, -0.05) is 72.3 Å². The number of aliphatic hydroxyl groups excluding tert-OH is 1. The molecule has 0 amide bonds. The minimum atomic E-state index is 0.154. The topological polar surface area (TPSA) is 41.5 Å². The van der Waals surface area contributed by atoms with Gasteiger partial charge < -0.3 is 15.2 Å². The van der Waals surface area contributed by atoms with Crippen LogP contribution in [-0.4, -0.2) is 24.4 Å². The summed E-state index contributed by atoms with van der Waals surface area (Å²) in [6.45, 7) is 2.32. The second kappa shape index (κ2) is 10.3. The molecule has 0 heterocycles. The van der Waals surface area contributed by atoms with Gasteiger partial charge in [0.2, 0.25) is 0 Å². The summed E-state index contributed by atoms with van der Waals surface area (Å²) in [4.78, 5) is 0. The molecular weight excluding hydrogens is 322 g/mol. The van der Waals surface area contributed by atoms with Gasteiger partial charge in [-0.15, -0.1) is 0 Å².